The van der Waals surface area contributed by atoms with Gasteiger partial charge in [-0.25, -0.2) is 9.59 Å². The van der Waals surface area contributed by atoms with Crippen LogP contribution in [0.4, 0.5) is 5.69 Å². The van der Waals surface area contributed by atoms with Crippen molar-refractivity contribution >= 4 is 40.4 Å². The maximum Gasteiger partial charge on any atom is 0.335 e. The van der Waals surface area contributed by atoms with Gasteiger partial charge in [-0.2, -0.15) is 0 Å². The molecule has 0 saturated carbocycles. The lowest BCUT2D eigenvalue weighted by Crippen LogP contribution is -2.25. The van der Waals surface area contributed by atoms with Crippen molar-refractivity contribution in [1.82, 2.24) is 0 Å². The van der Waals surface area contributed by atoms with Crippen molar-refractivity contribution in [2.24, 2.45) is 5.92 Å². The minimum atomic E-state index is -1.26. The second kappa shape index (κ2) is 6.82. The number of hydrogen-bond donors (Lipinski definition) is 2. The van der Waals surface area contributed by atoms with E-state index in [0.29, 0.717) is 12.3 Å². The van der Waals surface area contributed by atoms with Crippen LogP contribution in [-0.4, -0.2) is 45.5 Å². The van der Waals surface area contributed by atoms with Crippen molar-refractivity contribution < 1.29 is 29.4 Å². The van der Waals surface area contributed by atoms with Gasteiger partial charge < -0.3 is 15.1 Å². The number of benzene rings is 1. The molecule has 1 aromatic carbocycles. The Bertz CT molecular complexity index is 654. The van der Waals surface area contributed by atoms with Gasteiger partial charge in [0, 0.05) is 31.3 Å². The highest BCUT2D eigenvalue weighted by molar-refractivity contribution is 8.13. The van der Waals surface area contributed by atoms with Crippen LogP contribution < -0.4 is 4.90 Å². The summed E-state index contributed by atoms with van der Waals surface area (Å²) in [5.74, 6) is -2.26. The molecule has 7 nitrogen and oxygen atoms in total. The molecular formula is C15H15NO6S. The van der Waals surface area contributed by atoms with Crippen LogP contribution in [0.1, 0.15) is 34.1 Å². The Labute approximate surface area is 136 Å². The van der Waals surface area contributed by atoms with E-state index in [-0.39, 0.29) is 40.2 Å². The number of anilines is 1. The van der Waals surface area contributed by atoms with Crippen molar-refractivity contribution in [3.63, 3.8) is 0 Å². The lowest BCUT2D eigenvalue weighted by molar-refractivity contribution is -0.117. The van der Waals surface area contributed by atoms with Crippen LogP contribution in [0.15, 0.2) is 18.2 Å². The number of aromatic carboxylic acids is 2. The molecule has 0 radical (unpaired) electrons. The predicted octanol–water partition coefficient (Wildman–Crippen LogP) is 1.72. The fourth-order valence-electron chi connectivity index (χ4n) is 2.39. The highest BCUT2D eigenvalue weighted by Gasteiger charge is 2.31. The first-order valence-corrected chi connectivity index (χ1v) is 7.82. The predicted molar refractivity (Wildman–Crippen MR) is 84.0 cm³/mol. The minimum absolute atomic E-state index is 0.0295. The van der Waals surface area contributed by atoms with Gasteiger partial charge in [-0.05, 0) is 24.1 Å². The van der Waals surface area contributed by atoms with Gasteiger partial charge in [0.1, 0.15) is 0 Å². The van der Waals surface area contributed by atoms with Crippen LogP contribution in [0.25, 0.3) is 0 Å². The summed E-state index contributed by atoms with van der Waals surface area (Å²) in [6.07, 6.45) is 0.250. The Morgan fingerprint density at radius 1 is 1.17 bits per heavy atom. The van der Waals surface area contributed by atoms with Crippen molar-refractivity contribution in [2.45, 2.75) is 13.3 Å². The van der Waals surface area contributed by atoms with E-state index >= 15 is 0 Å². The summed E-state index contributed by atoms with van der Waals surface area (Å²) in [7, 11) is 0. The topological polar surface area (TPSA) is 112 Å². The Kier molecular flexibility index (Phi) is 5.05. The van der Waals surface area contributed by atoms with E-state index in [0.717, 1.165) is 17.8 Å². The van der Waals surface area contributed by atoms with Crippen LogP contribution in [0.2, 0.25) is 0 Å². The fraction of sp³-hybridized carbons (Fsp3) is 0.333. The summed E-state index contributed by atoms with van der Waals surface area (Å²) in [6, 6.07) is 3.62. The number of amides is 1. The molecule has 1 aliphatic heterocycles. The molecule has 2 N–H and O–H groups in total. The Morgan fingerprint density at radius 3 is 2.22 bits per heavy atom. The molecule has 23 heavy (non-hydrogen) atoms. The van der Waals surface area contributed by atoms with Gasteiger partial charge in [-0.1, -0.05) is 11.8 Å². The quantitative estimate of drug-likeness (QED) is 0.841. The van der Waals surface area contributed by atoms with Crippen LogP contribution in [0, 0.1) is 5.92 Å². The summed E-state index contributed by atoms with van der Waals surface area (Å²) < 4.78 is 0. The lowest BCUT2D eigenvalue weighted by atomic mass is 10.1. The first-order valence-electron chi connectivity index (χ1n) is 6.83. The third kappa shape index (κ3) is 4.10. The average Bonchev–Trinajstić information content (AvgIpc) is 2.85. The molecule has 122 valence electrons. The second-order valence-electron chi connectivity index (χ2n) is 5.26. The molecule has 1 aromatic rings. The van der Waals surface area contributed by atoms with E-state index in [9.17, 15) is 19.2 Å². The number of carboxylic acids is 2. The number of carbonyl (C=O) groups excluding carboxylic acids is 2. The van der Waals surface area contributed by atoms with Crippen molar-refractivity contribution in [3.8, 4) is 0 Å². The van der Waals surface area contributed by atoms with E-state index in [2.05, 4.69) is 0 Å². The van der Waals surface area contributed by atoms with Gasteiger partial charge in [0.25, 0.3) is 0 Å². The molecule has 1 atom stereocenters. The Hall–Kier alpha value is -2.35. The number of hydrogen-bond acceptors (Lipinski definition) is 5. The number of carboxylic acid groups (broad SMARTS) is 2. The summed E-state index contributed by atoms with van der Waals surface area (Å²) >= 11 is 1.14. The van der Waals surface area contributed by atoms with E-state index < -0.39 is 11.9 Å². The zero-order valence-electron chi connectivity index (χ0n) is 12.3. The third-order valence-corrected chi connectivity index (χ3v) is 4.50. The molecule has 1 heterocycles. The van der Waals surface area contributed by atoms with Crippen LogP contribution in [-0.2, 0) is 9.59 Å². The fourth-order valence-corrected chi connectivity index (χ4v) is 3.09. The number of rotatable bonds is 5. The minimum Gasteiger partial charge on any atom is -0.478 e. The largest absolute Gasteiger partial charge is 0.478 e. The molecule has 0 aromatic heterocycles. The summed E-state index contributed by atoms with van der Waals surface area (Å²) in [6.45, 7) is 1.79. The molecule has 1 fully saturated rings. The number of carbonyl (C=O) groups is 4. The molecule has 1 amide bonds. The Morgan fingerprint density at radius 2 is 1.74 bits per heavy atom. The van der Waals surface area contributed by atoms with Gasteiger partial charge >= 0.3 is 11.9 Å². The Balaban J connectivity index is 2.27. The molecule has 2 rings (SSSR count). The highest BCUT2D eigenvalue weighted by Crippen LogP contribution is 2.29. The number of thioether (sulfide) groups is 1. The first-order chi connectivity index (χ1) is 10.8. The van der Waals surface area contributed by atoms with Gasteiger partial charge in [-0.15, -0.1) is 0 Å². The summed E-state index contributed by atoms with van der Waals surface area (Å²) in [5, 5.41) is 18.1. The standard InChI is InChI=1S/C15H15NO6S/c1-8(17)23-7-9-2-13(18)16(6-9)12-4-10(14(19)20)3-11(5-12)15(21)22/h3-5,9H,2,6-7H2,1H3,(H,19,20)(H,21,22). The normalized spacial score (nSPS) is 17.3. The molecule has 1 aliphatic rings. The smallest absolute Gasteiger partial charge is 0.335 e. The zero-order chi connectivity index (χ0) is 17.1. The molecule has 8 heteroatoms. The lowest BCUT2D eigenvalue weighted by Gasteiger charge is -2.18. The molecular weight excluding hydrogens is 322 g/mol. The maximum absolute atomic E-state index is 12.1. The molecule has 0 aliphatic carbocycles. The second-order valence-corrected chi connectivity index (χ2v) is 6.45. The van der Waals surface area contributed by atoms with Gasteiger partial charge in [0.05, 0.1) is 11.1 Å². The van der Waals surface area contributed by atoms with E-state index in [1.165, 1.54) is 24.0 Å². The molecule has 0 bridgehead atoms. The number of nitrogens with zero attached hydrogens (tertiary/aromatic N) is 1. The van der Waals surface area contributed by atoms with Crippen molar-refractivity contribution in [3.05, 3.63) is 29.3 Å². The van der Waals surface area contributed by atoms with E-state index in [1.807, 2.05) is 0 Å². The van der Waals surface area contributed by atoms with Crippen LogP contribution in [0.3, 0.4) is 0 Å². The van der Waals surface area contributed by atoms with E-state index in [4.69, 9.17) is 10.2 Å². The summed E-state index contributed by atoms with van der Waals surface area (Å²) in [5.41, 5.74) is -0.119. The monoisotopic (exact) mass is 337 g/mol. The van der Waals surface area contributed by atoms with Crippen molar-refractivity contribution in [1.29, 1.82) is 0 Å². The molecule has 1 saturated heterocycles. The first kappa shape index (κ1) is 17.0. The van der Waals surface area contributed by atoms with E-state index in [1.54, 1.807) is 0 Å². The highest BCUT2D eigenvalue weighted by atomic mass is 32.2. The van der Waals surface area contributed by atoms with Crippen LogP contribution in [0.5, 0.6) is 0 Å². The van der Waals surface area contributed by atoms with Crippen molar-refractivity contribution in [2.75, 3.05) is 17.2 Å². The average molecular weight is 337 g/mol. The van der Waals surface area contributed by atoms with Crippen LogP contribution >= 0.6 is 11.8 Å². The summed E-state index contributed by atoms with van der Waals surface area (Å²) in [4.78, 5) is 46.8. The molecule has 1 unspecified atom stereocenters. The SMILES string of the molecule is CC(=O)SCC1CC(=O)N(c2cc(C(=O)O)cc(C(=O)O)c2)C1. The molecule has 0 spiro atoms. The third-order valence-electron chi connectivity index (χ3n) is 3.45. The maximum atomic E-state index is 12.1. The van der Waals surface area contributed by atoms with Gasteiger partial charge in [-0.3, -0.25) is 9.59 Å². The van der Waals surface area contributed by atoms with Gasteiger partial charge in [0.2, 0.25) is 5.91 Å². The van der Waals surface area contributed by atoms with Gasteiger partial charge in [0.15, 0.2) is 5.12 Å². The zero-order valence-corrected chi connectivity index (χ0v) is 13.1.